The first-order chi connectivity index (χ1) is 9.22. The number of imidazole rings is 1. The molecule has 2 saturated carbocycles. The van der Waals surface area contributed by atoms with Gasteiger partial charge in [0.25, 0.3) is 0 Å². The van der Waals surface area contributed by atoms with Gasteiger partial charge in [-0.15, -0.1) is 0 Å². The lowest BCUT2D eigenvalue weighted by Crippen LogP contribution is -2.37. The van der Waals surface area contributed by atoms with E-state index in [1.807, 2.05) is 4.57 Å². The van der Waals surface area contributed by atoms with Crippen LogP contribution >= 0.6 is 0 Å². The minimum Gasteiger partial charge on any atom is -0.389 e. The predicted molar refractivity (Wildman–Crippen MR) is 69.5 cm³/mol. The molecule has 2 aromatic rings. The van der Waals surface area contributed by atoms with Crippen LogP contribution in [0.4, 0.5) is 5.82 Å². The van der Waals surface area contributed by atoms with Crippen molar-refractivity contribution in [1.29, 1.82) is 0 Å². The van der Waals surface area contributed by atoms with Gasteiger partial charge in [0, 0.05) is 13.1 Å². The minimum absolute atomic E-state index is 0.00962. The van der Waals surface area contributed by atoms with Gasteiger partial charge in [0.1, 0.15) is 11.8 Å². The van der Waals surface area contributed by atoms with Gasteiger partial charge in [0.05, 0.1) is 18.5 Å². The largest absolute Gasteiger partial charge is 0.389 e. The minimum atomic E-state index is -0.519. The Balaban J connectivity index is 1.84. The van der Waals surface area contributed by atoms with Crippen LogP contribution in [0, 0.1) is 11.8 Å². The summed E-state index contributed by atoms with van der Waals surface area (Å²) in [7, 11) is 1.80. The predicted octanol–water partition coefficient (Wildman–Crippen LogP) is -0.253. The molecule has 7 heteroatoms. The number of hydrogen-bond donors (Lipinski definition) is 3. The first-order valence-electron chi connectivity index (χ1n) is 6.51. The van der Waals surface area contributed by atoms with Crippen molar-refractivity contribution in [3.8, 4) is 0 Å². The maximum absolute atomic E-state index is 10.3. The van der Waals surface area contributed by atoms with Crippen LogP contribution in [0.5, 0.6) is 0 Å². The highest BCUT2D eigenvalue weighted by Crippen LogP contribution is 2.57. The summed E-state index contributed by atoms with van der Waals surface area (Å²) in [6.07, 6.45) is 3.82. The fourth-order valence-corrected chi connectivity index (χ4v) is 3.43. The van der Waals surface area contributed by atoms with E-state index in [9.17, 15) is 5.11 Å². The van der Waals surface area contributed by atoms with Gasteiger partial charge in [-0.05, 0) is 18.3 Å². The highest BCUT2D eigenvalue weighted by Gasteiger charge is 2.59. The van der Waals surface area contributed by atoms with Gasteiger partial charge in [0.15, 0.2) is 11.5 Å². The van der Waals surface area contributed by atoms with Gasteiger partial charge < -0.3 is 20.7 Å². The molecule has 0 spiro atoms. The zero-order chi connectivity index (χ0) is 13.1. The molecule has 19 heavy (non-hydrogen) atoms. The van der Waals surface area contributed by atoms with Crippen LogP contribution in [-0.2, 0) is 0 Å². The summed E-state index contributed by atoms with van der Waals surface area (Å²) in [4.78, 5) is 12.8. The molecule has 0 aromatic carbocycles. The summed E-state index contributed by atoms with van der Waals surface area (Å²) in [5.41, 5.74) is 7.52. The summed E-state index contributed by atoms with van der Waals surface area (Å²) in [6, 6.07) is -0.136. The van der Waals surface area contributed by atoms with Gasteiger partial charge in [-0.2, -0.15) is 0 Å². The fourth-order valence-electron chi connectivity index (χ4n) is 3.43. The fraction of sp³-hybridized carbons (Fsp3) is 0.583. The maximum Gasteiger partial charge on any atom is 0.165 e. The Morgan fingerprint density at radius 3 is 2.89 bits per heavy atom. The number of rotatable bonds is 2. The number of aromatic nitrogens is 4. The van der Waals surface area contributed by atoms with E-state index in [0.717, 1.165) is 17.6 Å². The molecule has 4 N–H and O–H groups in total. The van der Waals surface area contributed by atoms with Crippen LogP contribution in [0.15, 0.2) is 12.7 Å². The van der Waals surface area contributed by atoms with E-state index in [4.69, 9.17) is 5.73 Å². The molecule has 4 rings (SSSR count). The van der Waals surface area contributed by atoms with Crippen molar-refractivity contribution in [2.75, 3.05) is 12.4 Å². The Hall–Kier alpha value is -1.73. The molecule has 0 saturated heterocycles. The lowest BCUT2D eigenvalue weighted by atomic mass is 10.1. The number of fused-ring (bicyclic) bond motifs is 2. The van der Waals surface area contributed by atoms with Gasteiger partial charge in [-0.3, -0.25) is 0 Å². The Kier molecular flexibility index (Phi) is 2.13. The molecule has 0 aliphatic heterocycles. The second kappa shape index (κ2) is 3.64. The maximum atomic E-state index is 10.3. The van der Waals surface area contributed by atoms with E-state index < -0.39 is 6.10 Å². The third kappa shape index (κ3) is 1.36. The van der Waals surface area contributed by atoms with Crippen LogP contribution in [0.3, 0.4) is 0 Å². The Bertz CT molecular complexity index is 640. The quantitative estimate of drug-likeness (QED) is 0.688. The summed E-state index contributed by atoms with van der Waals surface area (Å²) in [5, 5.41) is 13.3. The monoisotopic (exact) mass is 260 g/mol. The van der Waals surface area contributed by atoms with Crippen LogP contribution in [0.2, 0.25) is 0 Å². The second-order valence-electron chi connectivity index (χ2n) is 5.42. The molecule has 2 aliphatic carbocycles. The van der Waals surface area contributed by atoms with E-state index in [1.54, 1.807) is 13.4 Å². The molecule has 7 nitrogen and oxygen atoms in total. The number of hydrogen-bond acceptors (Lipinski definition) is 6. The van der Waals surface area contributed by atoms with Crippen LogP contribution < -0.4 is 11.1 Å². The zero-order valence-corrected chi connectivity index (χ0v) is 10.6. The summed E-state index contributed by atoms with van der Waals surface area (Å²) < 4.78 is 1.96. The van der Waals surface area contributed by atoms with Crippen molar-refractivity contribution < 1.29 is 5.11 Å². The lowest BCUT2D eigenvalue weighted by Gasteiger charge is -2.22. The normalized spacial score (nSPS) is 36.5. The molecule has 5 atom stereocenters. The van der Waals surface area contributed by atoms with E-state index >= 15 is 0 Å². The van der Waals surface area contributed by atoms with Crippen LogP contribution in [0.1, 0.15) is 12.5 Å². The van der Waals surface area contributed by atoms with E-state index in [2.05, 4.69) is 20.3 Å². The molecule has 0 unspecified atom stereocenters. The van der Waals surface area contributed by atoms with Gasteiger partial charge in [-0.25, -0.2) is 15.0 Å². The average molecular weight is 260 g/mol. The van der Waals surface area contributed by atoms with Crippen LogP contribution in [-0.4, -0.2) is 43.8 Å². The highest BCUT2D eigenvalue weighted by molar-refractivity contribution is 5.82. The van der Waals surface area contributed by atoms with Crippen molar-refractivity contribution in [3.05, 3.63) is 12.7 Å². The van der Waals surface area contributed by atoms with Crippen molar-refractivity contribution in [2.24, 2.45) is 17.6 Å². The van der Waals surface area contributed by atoms with Crippen molar-refractivity contribution in [1.82, 2.24) is 19.5 Å². The molecule has 2 fully saturated rings. The molecule has 0 bridgehead atoms. The van der Waals surface area contributed by atoms with Crippen molar-refractivity contribution in [3.63, 3.8) is 0 Å². The molecular weight excluding hydrogens is 244 g/mol. The molecule has 100 valence electrons. The van der Waals surface area contributed by atoms with Gasteiger partial charge >= 0.3 is 0 Å². The summed E-state index contributed by atoms with van der Waals surface area (Å²) in [5.74, 6) is 1.60. The Morgan fingerprint density at radius 2 is 2.21 bits per heavy atom. The molecule has 2 aromatic heterocycles. The number of anilines is 1. The molecule has 2 heterocycles. The number of nitrogens with zero attached hydrogens (tertiary/aromatic N) is 4. The number of aliphatic hydroxyl groups is 1. The van der Waals surface area contributed by atoms with Gasteiger partial charge in [-0.1, -0.05) is 0 Å². The summed E-state index contributed by atoms with van der Waals surface area (Å²) in [6.45, 7) is 0. The third-order valence-corrected chi connectivity index (χ3v) is 4.49. The first-order valence-corrected chi connectivity index (χ1v) is 6.51. The third-order valence-electron chi connectivity index (χ3n) is 4.49. The van der Waals surface area contributed by atoms with Crippen LogP contribution in [0.25, 0.3) is 11.2 Å². The standard InChI is InChI=1S/C12H16N6O/c1-14-11-8-12(16-3-15-11)18(4-17-8)9-6-2-5(6)7(13)10(9)19/h3-7,9-10,19H,2,13H2,1H3,(H,14,15,16)/t5-,6+,7+,9+,10+/m0/s1. The molecule has 0 amide bonds. The number of aliphatic hydroxyl groups excluding tert-OH is 1. The van der Waals surface area contributed by atoms with E-state index in [-0.39, 0.29) is 12.1 Å². The number of nitrogens with two attached hydrogens (primary N) is 1. The van der Waals surface area contributed by atoms with Crippen molar-refractivity contribution >= 4 is 17.0 Å². The zero-order valence-electron chi connectivity index (χ0n) is 10.6. The molecule has 2 aliphatic rings. The number of nitrogens with one attached hydrogen (secondary N) is 1. The van der Waals surface area contributed by atoms with Crippen molar-refractivity contribution in [2.45, 2.75) is 24.6 Å². The highest BCUT2D eigenvalue weighted by atomic mass is 16.3. The Labute approximate surface area is 109 Å². The van der Waals surface area contributed by atoms with E-state index in [1.165, 1.54) is 6.33 Å². The average Bonchev–Trinajstić information content (AvgIpc) is 3.03. The topological polar surface area (TPSA) is 102 Å². The smallest absolute Gasteiger partial charge is 0.165 e. The van der Waals surface area contributed by atoms with Gasteiger partial charge in [0.2, 0.25) is 0 Å². The molecule has 0 radical (unpaired) electrons. The second-order valence-corrected chi connectivity index (χ2v) is 5.42. The Morgan fingerprint density at radius 1 is 1.37 bits per heavy atom. The lowest BCUT2D eigenvalue weighted by molar-refractivity contribution is 0.104. The first kappa shape index (κ1) is 11.1. The SMILES string of the molecule is CNc1ncnc2c1ncn2[C@H]1[C@H](O)[C@H](N)[C@H]2C[C@H]21. The summed E-state index contributed by atoms with van der Waals surface area (Å²) >= 11 is 0. The van der Waals surface area contributed by atoms with E-state index in [0.29, 0.717) is 17.7 Å². The molecular formula is C12H16N6O.